The Morgan fingerprint density at radius 1 is 1.00 bits per heavy atom. The van der Waals surface area contributed by atoms with Crippen molar-refractivity contribution in [1.82, 2.24) is 15.0 Å². The summed E-state index contributed by atoms with van der Waals surface area (Å²) in [5, 5.41) is 3.88. The van der Waals surface area contributed by atoms with Crippen molar-refractivity contribution < 1.29 is 9.53 Å². The number of ether oxygens (including phenoxy) is 1. The van der Waals surface area contributed by atoms with Gasteiger partial charge in [-0.2, -0.15) is 0 Å². The number of benzene rings is 2. The van der Waals surface area contributed by atoms with Gasteiger partial charge in [0.05, 0.1) is 18.2 Å². The molecule has 0 atom stereocenters. The van der Waals surface area contributed by atoms with E-state index in [4.69, 9.17) is 10.5 Å². The lowest BCUT2D eigenvalue weighted by atomic mass is 10.1. The molecule has 138 valence electrons. The lowest BCUT2D eigenvalue weighted by Crippen LogP contribution is -2.14. The number of carbonyl (C=O) groups is 1. The van der Waals surface area contributed by atoms with E-state index in [1.807, 2.05) is 48.5 Å². The monoisotopic (exact) mass is 371 g/mol. The van der Waals surface area contributed by atoms with Crippen molar-refractivity contribution in [3.8, 4) is 17.1 Å². The van der Waals surface area contributed by atoms with Crippen LogP contribution in [-0.2, 0) is 0 Å². The Morgan fingerprint density at radius 2 is 1.82 bits per heavy atom. The van der Waals surface area contributed by atoms with Gasteiger partial charge in [-0.05, 0) is 30.3 Å². The number of fused-ring (bicyclic) bond motifs is 1. The number of hydrogen-bond acceptors (Lipinski definition) is 6. The van der Waals surface area contributed by atoms with Gasteiger partial charge in [0.2, 0.25) is 0 Å². The molecule has 0 radical (unpaired) electrons. The normalized spacial score (nSPS) is 10.6. The standard InChI is InChI=1S/C21H17N5O2/c1-28-14-9-10-17-16(12-14)21(25-19(24-17)13-6-3-2-4-7-13)26-20-15(18(22)27)8-5-11-23-20/h2-12H,1H3,(H2,22,27)(H,23,24,25,26). The molecule has 0 spiro atoms. The van der Waals surface area contributed by atoms with E-state index in [0.717, 1.165) is 16.5 Å². The number of nitrogens with one attached hydrogen (secondary N) is 1. The molecule has 1 amide bonds. The van der Waals surface area contributed by atoms with E-state index in [-0.39, 0.29) is 5.56 Å². The van der Waals surface area contributed by atoms with Gasteiger partial charge in [-0.25, -0.2) is 15.0 Å². The molecule has 0 unspecified atom stereocenters. The van der Waals surface area contributed by atoms with Crippen molar-refractivity contribution in [2.45, 2.75) is 0 Å². The topological polar surface area (TPSA) is 103 Å². The molecular formula is C21H17N5O2. The summed E-state index contributed by atoms with van der Waals surface area (Å²) in [6, 6.07) is 18.4. The number of pyridine rings is 1. The number of aromatic nitrogens is 3. The molecule has 2 heterocycles. The molecule has 28 heavy (non-hydrogen) atoms. The minimum atomic E-state index is -0.574. The van der Waals surface area contributed by atoms with Gasteiger partial charge in [0.25, 0.3) is 5.91 Å². The number of primary amides is 1. The molecule has 0 bridgehead atoms. The summed E-state index contributed by atoms with van der Waals surface area (Å²) in [4.78, 5) is 25.3. The smallest absolute Gasteiger partial charge is 0.252 e. The molecule has 0 fully saturated rings. The number of rotatable bonds is 5. The quantitative estimate of drug-likeness (QED) is 0.556. The van der Waals surface area contributed by atoms with Gasteiger partial charge in [-0.1, -0.05) is 30.3 Å². The van der Waals surface area contributed by atoms with Gasteiger partial charge >= 0.3 is 0 Å². The Labute approximate surface area is 161 Å². The fourth-order valence-corrected chi connectivity index (χ4v) is 2.86. The first-order chi connectivity index (χ1) is 13.7. The SMILES string of the molecule is COc1ccc2nc(-c3ccccc3)nc(Nc3ncccc3C(N)=O)c2c1. The van der Waals surface area contributed by atoms with E-state index in [2.05, 4.69) is 20.3 Å². The zero-order chi connectivity index (χ0) is 19.5. The number of carbonyl (C=O) groups excluding carboxylic acids is 1. The first kappa shape index (κ1) is 17.4. The number of amides is 1. The van der Waals surface area contributed by atoms with Crippen LogP contribution < -0.4 is 15.8 Å². The minimum Gasteiger partial charge on any atom is -0.497 e. The summed E-state index contributed by atoms with van der Waals surface area (Å²) < 4.78 is 5.33. The average Bonchev–Trinajstić information content (AvgIpc) is 2.74. The van der Waals surface area contributed by atoms with E-state index in [9.17, 15) is 4.79 Å². The van der Waals surface area contributed by atoms with Crippen LogP contribution in [0.2, 0.25) is 0 Å². The van der Waals surface area contributed by atoms with Crippen molar-refractivity contribution in [2.75, 3.05) is 12.4 Å². The number of hydrogen-bond donors (Lipinski definition) is 2. The summed E-state index contributed by atoms with van der Waals surface area (Å²) in [7, 11) is 1.59. The number of methoxy groups -OCH3 is 1. The maximum Gasteiger partial charge on any atom is 0.252 e. The van der Waals surface area contributed by atoms with E-state index in [1.165, 1.54) is 0 Å². The summed E-state index contributed by atoms with van der Waals surface area (Å²) >= 11 is 0. The minimum absolute atomic E-state index is 0.276. The summed E-state index contributed by atoms with van der Waals surface area (Å²) in [6.45, 7) is 0. The highest BCUT2D eigenvalue weighted by atomic mass is 16.5. The van der Waals surface area contributed by atoms with E-state index in [1.54, 1.807) is 25.4 Å². The van der Waals surface area contributed by atoms with E-state index in [0.29, 0.717) is 23.2 Å². The molecule has 0 aliphatic carbocycles. The third-order valence-corrected chi connectivity index (χ3v) is 4.24. The predicted octanol–water partition coefficient (Wildman–Crippen LogP) is 3.54. The highest BCUT2D eigenvalue weighted by molar-refractivity contribution is 6.00. The number of nitrogens with zero attached hydrogens (tertiary/aromatic N) is 3. The molecule has 0 aliphatic heterocycles. The van der Waals surface area contributed by atoms with Gasteiger partial charge in [-0.15, -0.1) is 0 Å². The van der Waals surface area contributed by atoms with Crippen LogP contribution in [0.1, 0.15) is 10.4 Å². The molecule has 0 saturated heterocycles. The third kappa shape index (κ3) is 3.33. The Bertz CT molecular complexity index is 1160. The number of anilines is 2. The first-order valence-electron chi connectivity index (χ1n) is 8.59. The van der Waals surface area contributed by atoms with E-state index >= 15 is 0 Å². The van der Waals surface area contributed by atoms with Crippen LogP contribution in [0.15, 0.2) is 66.9 Å². The highest BCUT2D eigenvalue weighted by Gasteiger charge is 2.14. The number of nitrogens with two attached hydrogens (primary N) is 1. The summed E-state index contributed by atoms with van der Waals surface area (Å²) in [5.41, 5.74) is 7.36. The van der Waals surface area contributed by atoms with Gasteiger partial charge in [0, 0.05) is 17.1 Å². The van der Waals surface area contributed by atoms with E-state index < -0.39 is 5.91 Å². The maximum absolute atomic E-state index is 11.8. The fourth-order valence-electron chi connectivity index (χ4n) is 2.86. The molecule has 2 aromatic heterocycles. The van der Waals surface area contributed by atoms with Crippen molar-refractivity contribution >= 4 is 28.4 Å². The Morgan fingerprint density at radius 3 is 2.57 bits per heavy atom. The van der Waals surface area contributed by atoms with Gasteiger partial charge in [0.15, 0.2) is 5.82 Å². The van der Waals surface area contributed by atoms with Crippen LogP contribution in [0.5, 0.6) is 5.75 Å². The first-order valence-corrected chi connectivity index (χ1v) is 8.59. The molecule has 7 heteroatoms. The van der Waals surface area contributed by atoms with Crippen LogP contribution in [0, 0.1) is 0 Å². The van der Waals surface area contributed by atoms with Crippen LogP contribution in [0.25, 0.3) is 22.3 Å². The van der Waals surface area contributed by atoms with Crippen LogP contribution in [0.4, 0.5) is 11.6 Å². The molecule has 4 rings (SSSR count). The largest absolute Gasteiger partial charge is 0.497 e. The lowest BCUT2D eigenvalue weighted by molar-refractivity contribution is 0.100. The van der Waals surface area contributed by atoms with Crippen molar-refractivity contribution in [2.24, 2.45) is 5.73 Å². The summed E-state index contributed by atoms with van der Waals surface area (Å²) in [6.07, 6.45) is 1.58. The fraction of sp³-hybridized carbons (Fsp3) is 0.0476. The van der Waals surface area contributed by atoms with Crippen molar-refractivity contribution in [1.29, 1.82) is 0 Å². The second-order valence-electron chi connectivity index (χ2n) is 6.03. The zero-order valence-corrected chi connectivity index (χ0v) is 15.1. The summed E-state index contributed by atoms with van der Waals surface area (Å²) in [5.74, 6) is 1.48. The zero-order valence-electron chi connectivity index (χ0n) is 15.1. The van der Waals surface area contributed by atoms with Crippen LogP contribution >= 0.6 is 0 Å². The molecule has 3 N–H and O–H groups in total. The second kappa shape index (κ2) is 7.32. The van der Waals surface area contributed by atoms with Crippen LogP contribution in [0.3, 0.4) is 0 Å². The Balaban J connectivity index is 1.91. The van der Waals surface area contributed by atoms with Crippen molar-refractivity contribution in [3.63, 3.8) is 0 Å². The van der Waals surface area contributed by atoms with Gasteiger partial charge in [-0.3, -0.25) is 4.79 Å². The Kier molecular flexibility index (Phi) is 4.55. The Hall–Kier alpha value is -4.00. The van der Waals surface area contributed by atoms with Gasteiger partial charge in [0.1, 0.15) is 17.4 Å². The molecule has 4 aromatic rings. The average molecular weight is 371 g/mol. The second-order valence-corrected chi connectivity index (χ2v) is 6.03. The van der Waals surface area contributed by atoms with Crippen LogP contribution in [-0.4, -0.2) is 28.0 Å². The molecular weight excluding hydrogens is 354 g/mol. The molecule has 7 nitrogen and oxygen atoms in total. The lowest BCUT2D eigenvalue weighted by Gasteiger charge is -2.13. The molecule has 2 aromatic carbocycles. The molecule has 0 saturated carbocycles. The third-order valence-electron chi connectivity index (χ3n) is 4.24. The maximum atomic E-state index is 11.8. The van der Waals surface area contributed by atoms with Crippen molar-refractivity contribution in [3.05, 3.63) is 72.4 Å². The molecule has 0 aliphatic rings. The highest BCUT2D eigenvalue weighted by Crippen LogP contribution is 2.30. The predicted molar refractivity (Wildman–Crippen MR) is 108 cm³/mol. The van der Waals surface area contributed by atoms with Gasteiger partial charge < -0.3 is 15.8 Å².